The number of carbonyl (C=O) groups is 2. The Morgan fingerprint density at radius 2 is 1.94 bits per heavy atom. The lowest BCUT2D eigenvalue weighted by molar-refractivity contribution is -0.140. The van der Waals surface area contributed by atoms with Gasteiger partial charge in [-0.15, -0.1) is 0 Å². The molecule has 0 unspecified atom stereocenters. The van der Waals surface area contributed by atoms with Crippen LogP contribution in [0.2, 0.25) is 0 Å². The highest BCUT2D eigenvalue weighted by Gasteiger charge is 2.41. The third kappa shape index (κ3) is 2.51. The second kappa shape index (κ2) is 5.26. The number of piperidine rings is 1. The van der Waals surface area contributed by atoms with E-state index >= 15 is 0 Å². The first-order chi connectivity index (χ1) is 8.57. The fourth-order valence-electron chi connectivity index (χ4n) is 3.11. The van der Waals surface area contributed by atoms with Gasteiger partial charge >= 0.3 is 0 Å². The van der Waals surface area contributed by atoms with Crippen molar-refractivity contribution in [3.8, 4) is 0 Å². The molecule has 1 aliphatic heterocycles. The molecular formula is C13H23N3O2. The zero-order valence-corrected chi connectivity index (χ0v) is 11.1. The third-order valence-corrected chi connectivity index (χ3v) is 4.25. The van der Waals surface area contributed by atoms with E-state index in [2.05, 4.69) is 5.32 Å². The molecule has 1 aliphatic carbocycles. The minimum atomic E-state index is -0.662. The van der Waals surface area contributed by atoms with Gasteiger partial charge in [0.15, 0.2) is 0 Å². The number of nitrogens with zero attached hydrogens (tertiary/aromatic N) is 1. The summed E-state index contributed by atoms with van der Waals surface area (Å²) in [5.74, 6) is 0.0105. The van der Waals surface area contributed by atoms with Crippen molar-refractivity contribution >= 4 is 11.8 Å². The Morgan fingerprint density at radius 1 is 1.28 bits per heavy atom. The fraction of sp³-hybridized carbons (Fsp3) is 0.846. The van der Waals surface area contributed by atoms with Crippen LogP contribution in [0.5, 0.6) is 0 Å². The molecule has 2 amide bonds. The molecule has 3 N–H and O–H groups in total. The first-order valence-electron chi connectivity index (χ1n) is 6.87. The molecule has 0 aromatic heterocycles. The Morgan fingerprint density at radius 3 is 2.56 bits per heavy atom. The topological polar surface area (TPSA) is 75.4 Å². The normalized spacial score (nSPS) is 27.0. The van der Waals surface area contributed by atoms with Gasteiger partial charge in [-0.3, -0.25) is 9.59 Å². The Hall–Kier alpha value is -1.10. The summed E-state index contributed by atoms with van der Waals surface area (Å²) in [7, 11) is 1.64. The summed E-state index contributed by atoms with van der Waals surface area (Å²) >= 11 is 0. The van der Waals surface area contributed by atoms with E-state index in [1.165, 1.54) is 0 Å². The molecule has 1 heterocycles. The zero-order valence-electron chi connectivity index (χ0n) is 11.1. The Balaban J connectivity index is 2.00. The maximum absolute atomic E-state index is 12.4. The molecule has 0 spiro atoms. The van der Waals surface area contributed by atoms with Gasteiger partial charge in [-0.1, -0.05) is 12.8 Å². The molecule has 2 rings (SSSR count). The van der Waals surface area contributed by atoms with Crippen molar-refractivity contribution < 1.29 is 9.59 Å². The van der Waals surface area contributed by atoms with Gasteiger partial charge in [-0.05, 0) is 25.7 Å². The number of amides is 2. The summed E-state index contributed by atoms with van der Waals surface area (Å²) in [5.41, 5.74) is 5.53. The highest BCUT2D eigenvalue weighted by atomic mass is 16.2. The van der Waals surface area contributed by atoms with Gasteiger partial charge in [0.1, 0.15) is 0 Å². The highest BCUT2D eigenvalue weighted by molar-refractivity contribution is 5.87. The molecule has 102 valence electrons. The van der Waals surface area contributed by atoms with Crippen molar-refractivity contribution in [1.29, 1.82) is 0 Å². The third-order valence-electron chi connectivity index (χ3n) is 4.25. The minimum Gasteiger partial charge on any atom is -0.359 e. The molecule has 2 fully saturated rings. The van der Waals surface area contributed by atoms with Crippen molar-refractivity contribution in [2.45, 2.75) is 44.1 Å². The molecule has 0 aromatic rings. The Labute approximate surface area is 108 Å². The van der Waals surface area contributed by atoms with Gasteiger partial charge in [-0.2, -0.15) is 0 Å². The molecule has 1 atom stereocenters. The molecule has 5 heteroatoms. The van der Waals surface area contributed by atoms with Crippen LogP contribution in [-0.2, 0) is 9.59 Å². The van der Waals surface area contributed by atoms with E-state index in [9.17, 15) is 9.59 Å². The number of nitrogens with one attached hydrogen (secondary N) is 1. The second-order valence-corrected chi connectivity index (χ2v) is 5.57. The van der Waals surface area contributed by atoms with Crippen molar-refractivity contribution in [2.75, 3.05) is 20.1 Å². The standard InChI is InChI=1S/C13H23N3O2/c1-15-11(17)10-5-4-8-16(9-10)12(18)13(14)6-2-3-7-13/h10H,2-9,14H2,1H3,(H,15,17)/t10-/m0/s1. The smallest absolute Gasteiger partial charge is 0.242 e. The van der Waals surface area contributed by atoms with Gasteiger partial charge in [-0.25, -0.2) is 0 Å². The second-order valence-electron chi connectivity index (χ2n) is 5.57. The Kier molecular flexibility index (Phi) is 3.90. The lowest BCUT2D eigenvalue weighted by atomic mass is 9.92. The van der Waals surface area contributed by atoms with Crippen LogP contribution in [0.4, 0.5) is 0 Å². The van der Waals surface area contributed by atoms with Crippen molar-refractivity contribution in [1.82, 2.24) is 10.2 Å². The number of hydrogen-bond donors (Lipinski definition) is 2. The zero-order chi connectivity index (χ0) is 13.2. The van der Waals surface area contributed by atoms with Gasteiger partial charge in [0, 0.05) is 20.1 Å². The molecule has 0 aromatic carbocycles. The SMILES string of the molecule is CNC(=O)[C@H]1CCCN(C(=O)C2(N)CCCC2)C1. The van der Waals surface area contributed by atoms with Crippen LogP contribution >= 0.6 is 0 Å². The quantitative estimate of drug-likeness (QED) is 0.740. The molecule has 0 radical (unpaired) electrons. The van der Waals surface area contributed by atoms with E-state index in [1.54, 1.807) is 11.9 Å². The fourth-order valence-corrected chi connectivity index (χ4v) is 3.11. The van der Waals surface area contributed by atoms with E-state index < -0.39 is 5.54 Å². The molecule has 2 aliphatic rings. The highest BCUT2D eigenvalue weighted by Crippen LogP contribution is 2.30. The van der Waals surface area contributed by atoms with E-state index in [4.69, 9.17) is 5.73 Å². The summed E-state index contributed by atoms with van der Waals surface area (Å²) in [4.78, 5) is 25.9. The summed E-state index contributed by atoms with van der Waals surface area (Å²) in [6.45, 7) is 1.27. The van der Waals surface area contributed by atoms with Crippen LogP contribution in [0, 0.1) is 5.92 Å². The van der Waals surface area contributed by atoms with E-state index in [-0.39, 0.29) is 17.7 Å². The van der Waals surface area contributed by atoms with Gasteiger partial charge in [0.25, 0.3) is 0 Å². The largest absolute Gasteiger partial charge is 0.359 e. The number of likely N-dealkylation sites (tertiary alicyclic amines) is 1. The summed E-state index contributed by atoms with van der Waals surface area (Å²) < 4.78 is 0. The van der Waals surface area contributed by atoms with Crippen molar-refractivity contribution in [3.05, 3.63) is 0 Å². The Bertz CT molecular complexity index is 337. The molecule has 0 bridgehead atoms. The van der Waals surface area contributed by atoms with Crippen molar-refractivity contribution in [2.24, 2.45) is 11.7 Å². The van der Waals surface area contributed by atoms with Crippen LogP contribution in [0.3, 0.4) is 0 Å². The molecular weight excluding hydrogens is 230 g/mol. The molecule has 1 saturated carbocycles. The van der Waals surface area contributed by atoms with Gasteiger partial charge in [0.05, 0.1) is 11.5 Å². The molecule has 18 heavy (non-hydrogen) atoms. The van der Waals surface area contributed by atoms with Gasteiger partial charge < -0.3 is 16.0 Å². The number of nitrogens with two attached hydrogens (primary N) is 1. The first kappa shape index (κ1) is 13.3. The van der Waals surface area contributed by atoms with Crippen molar-refractivity contribution in [3.63, 3.8) is 0 Å². The maximum atomic E-state index is 12.4. The monoisotopic (exact) mass is 253 g/mol. The lowest BCUT2D eigenvalue weighted by Crippen LogP contribution is -2.56. The number of rotatable bonds is 2. The van der Waals surface area contributed by atoms with E-state index in [1.807, 2.05) is 0 Å². The predicted molar refractivity (Wildman–Crippen MR) is 68.8 cm³/mol. The average molecular weight is 253 g/mol. The first-order valence-corrected chi connectivity index (χ1v) is 6.87. The summed E-state index contributed by atoms with van der Waals surface area (Å²) in [5, 5.41) is 2.67. The van der Waals surface area contributed by atoms with Crippen LogP contribution in [0.1, 0.15) is 38.5 Å². The summed E-state index contributed by atoms with van der Waals surface area (Å²) in [6, 6.07) is 0. The van der Waals surface area contributed by atoms with E-state index in [0.717, 1.165) is 45.1 Å². The number of carbonyl (C=O) groups excluding carboxylic acids is 2. The van der Waals surface area contributed by atoms with Crippen LogP contribution in [0.25, 0.3) is 0 Å². The predicted octanol–water partition coefficient (Wildman–Crippen LogP) is 0.243. The van der Waals surface area contributed by atoms with Gasteiger partial charge in [0.2, 0.25) is 11.8 Å². The lowest BCUT2D eigenvalue weighted by Gasteiger charge is -2.36. The van der Waals surface area contributed by atoms with E-state index in [0.29, 0.717) is 6.54 Å². The van der Waals surface area contributed by atoms with Crippen LogP contribution in [-0.4, -0.2) is 42.4 Å². The molecule has 5 nitrogen and oxygen atoms in total. The number of hydrogen-bond acceptors (Lipinski definition) is 3. The molecule has 1 saturated heterocycles. The van der Waals surface area contributed by atoms with Crippen LogP contribution < -0.4 is 11.1 Å². The average Bonchev–Trinajstić information content (AvgIpc) is 2.85. The minimum absolute atomic E-state index is 0.0324. The summed E-state index contributed by atoms with van der Waals surface area (Å²) in [6.07, 6.45) is 5.39. The maximum Gasteiger partial charge on any atom is 0.242 e. The van der Waals surface area contributed by atoms with Crippen LogP contribution in [0.15, 0.2) is 0 Å².